The minimum atomic E-state index is -0.835. The van der Waals surface area contributed by atoms with Crippen molar-refractivity contribution < 1.29 is 19.1 Å². The Morgan fingerprint density at radius 2 is 1.64 bits per heavy atom. The van der Waals surface area contributed by atoms with E-state index in [4.69, 9.17) is 4.74 Å². The van der Waals surface area contributed by atoms with Crippen LogP contribution in [0.3, 0.4) is 0 Å². The first kappa shape index (κ1) is 22.1. The summed E-state index contributed by atoms with van der Waals surface area (Å²) in [5.74, 6) is -0.537. The van der Waals surface area contributed by atoms with Crippen molar-refractivity contribution in [2.24, 2.45) is 0 Å². The molecule has 1 saturated heterocycles. The Morgan fingerprint density at radius 3 is 2.33 bits per heavy atom. The van der Waals surface area contributed by atoms with Gasteiger partial charge in [0.05, 0.1) is 6.54 Å². The Balaban J connectivity index is 1.59. The molecule has 7 heteroatoms. The lowest BCUT2D eigenvalue weighted by Crippen LogP contribution is -2.46. The van der Waals surface area contributed by atoms with E-state index < -0.39 is 18.2 Å². The average Bonchev–Trinajstić information content (AvgIpc) is 3.16. The summed E-state index contributed by atoms with van der Waals surface area (Å²) in [6, 6.07) is 24.5. The van der Waals surface area contributed by atoms with E-state index >= 15 is 0 Å². The van der Waals surface area contributed by atoms with Gasteiger partial charge in [0.25, 0.3) is 5.91 Å². The fourth-order valence-corrected chi connectivity index (χ4v) is 3.86. The van der Waals surface area contributed by atoms with E-state index in [1.54, 1.807) is 48.5 Å². The maximum atomic E-state index is 13.0. The van der Waals surface area contributed by atoms with E-state index in [-0.39, 0.29) is 18.4 Å². The number of benzene rings is 3. The zero-order valence-corrected chi connectivity index (χ0v) is 18.2. The molecule has 1 heterocycles. The molecule has 3 amide bonds. The Labute approximate surface area is 192 Å². The lowest BCUT2D eigenvalue weighted by molar-refractivity contribution is -0.126. The van der Waals surface area contributed by atoms with Gasteiger partial charge in [-0.2, -0.15) is 0 Å². The van der Waals surface area contributed by atoms with Gasteiger partial charge in [0, 0.05) is 17.8 Å². The molecule has 0 aliphatic carbocycles. The second kappa shape index (κ2) is 9.99. The van der Waals surface area contributed by atoms with Gasteiger partial charge < -0.3 is 15.4 Å². The number of ether oxygens (including phenoxy) is 1. The van der Waals surface area contributed by atoms with Gasteiger partial charge in [-0.1, -0.05) is 60.7 Å². The second-order valence-corrected chi connectivity index (χ2v) is 7.70. The number of nitrogens with zero attached hydrogens (tertiary/aromatic N) is 1. The zero-order chi connectivity index (χ0) is 23.2. The van der Waals surface area contributed by atoms with Gasteiger partial charge in [-0.05, 0) is 42.3 Å². The third-order valence-corrected chi connectivity index (χ3v) is 5.41. The number of amides is 3. The number of carbonyl (C=O) groups excluding carboxylic acids is 3. The number of nitrogens with one attached hydrogen (secondary N) is 2. The van der Waals surface area contributed by atoms with Crippen LogP contribution >= 0.6 is 0 Å². The summed E-state index contributed by atoms with van der Waals surface area (Å²) < 4.78 is 5.67. The Kier molecular flexibility index (Phi) is 6.69. The largest absolute Gasteiger partial charge is 0.438 e. The second-order valence-electron chi connectivity index (χ2n) is 7.70. The van der Waals surface area contributed by atoms with E-state index in [1.165, 1.54) is 4.90 Å². The fraction of sp³-hybridized carbons (Fsp3) is 0.192. The number of carbonyl (C=O) groups is 3. The summed E-state index contributed by atoms with van der Waals surface area (Å²) in [6.45, 7) is 2.51. The summed E-state index contributed by atoms with van der Waals surface area (Å²) >= 11 is 0. The van der Waals surface area contributed by atoms with E-state index in [0.717, 1.165) is 5.56 Å². The first-order valence-electron chi connectivity index (χ1n) is 10.8. The fourth-order valence-electron chi connectivity index (χ4n) is 3.86. The lowest BCUT2D eigenvalue weighted by Gasteiger charge is -2.24. The molecule has 2 atom stereocenters. The molecule has 0 unspecified atom stereocenters. The number of cyclic esters (lactones) is 1. The maximum absolute atomic E-state index is 13.0. The standard InChI is InChI=1S/C26H25N3O4/c1-2-27-25(31)22-23(33-26(32)29(22)17-18-10-5-3-6-11-18)20-14-9-15-21(16-20)28-24(30)19-12-7-4-8-13-19/h3-16,22-23H,2,17H2,1H3,(H,27,31)(H,28,30)/t22-,23+/m0/s1. The van der Waals surface area contributed by atoms with Gasteiger partial charge in [-0.15, -0.1) is 0 Å². The molecular weight excluding hydrogens is 418 g/mol. The molecule has 2 N–H and O–H groups in total. The van der Waals surface area contributed by atoms with Gasteiger partial charge in [0.15, 0.2) is 12.1 Å². The maximum Gasteiger partial charge on any atom is 0.411 e. The molecule has 4 rings (SSSR count). The van der Waals surface area contributed by atoms with E-state index in [9.17, 15) is 14.4 Å². The molecular formula is C26H25N3O4. The highest BCUT2D eigenvalue weighted by molar-refractivity contribution is 6.04. The first-order valence-corrected chi connectivity index (χ1v) is 10.8. The monoisotopic (exact) mass is 443 g/mol. The van der Waals surface area contributed by atoms with Crippen LogP contribution in [0, 0.1) is 0 Å². The van der Waals surface area contributed by atoms with Gasteiger partial charge >= 0.3 is 6.09 Å². The van der Waals surface area contributed by atoms with Crippen LogP contribution in [0.4, 0.5) is 10.5 Å². The van der Waals surface area contributed by atoms with Crippen molar-refractivity contribution in [3.63, 3.8) is 0 Å². The molecule has 168 valence electrons. The third kappa shape index (κ3) is 5.03. The van der Waals surface area contributed by atoms with Gasteiger partial charge in [0.1, 0.15) is 0 Å². The van der Waals surface area contributed by atoms with Crippen molar-refractivity contribution in [3.8, 4) is 0 Å². The normalized spacial score (nSPS) is 17.4. The van der Waals surface area contributed by atoms with Crippen LogP contribution in [0.1, 0.15) is 34.5 Å². The number of anilines is 1. The summed E-state index contributed by atoms with van der Waals surface area (Å²) in [4.78, 5) is 39.7. The molecule has 3 aromatic rings. The highest BCUT2D eigenvalue weighted by Gasteiger charge is 2.46. The molecule has 1 fully saturated rings. The topological polar surface area (TPSA) is 87.7 Å². The highest BCUT2D eigenvalue weighted by atomic mass is 16.6. The van der Waals surface area contributed by atoms with Gasteiger partial charge in [-0.25, -0.2) is 4.79 Å². The predicted octanol–water partition coefficient (Wildman–Crippen LogP) is 4.14. The van der Waals surface area contributed by atoms with Crippen LogP contribution in [0.2, 0.25) is 0 Å². The van der Waals surface area contributed by atoms with Crippen molar-refractivity contribution in [2.45, 2.75) is 25.6 Å². The molecule has 0 spiro atoms. The quantitative estimate of drug-likeness (QED) is 0.575. The van der Waals surface area contributed by atoms with Crippen molar-refractivity contribution in [3.05, 3.63) is 102 Å². The number of rotatable bonds is 7. The SMILES string of the molecule is CCNC(=O)[C@@H]1[C@@H](c2cccc(NC(=O)c3ccccc3)c2)OC(=O)N1Cc1ccccc1. The van der Waals surface area contributed by atoms with Crippen molar-refractivity contribution in [1.82, 2.24) is 10.2 Å². The highest BCUT2D eigenvalue weighted by Crippen LogP contribution is 2.35. The van der Waals surface area contributed by atoms with Gasteiger partial charge in [0.2, 0.25) is 5.91 Å². The first-order chi connectivity index (χ1) is 16.1. The molecule has 0 saturated carbocycles. The van der Waals surface area contributed by atoms with Crippen LogP contribution in [-0.4, -0.2) is 35.4 Å². The van der Waals surface area contributed by atoms with Crippen molar-refractivity contribution in [1.29, 1.82) is 0 Å². The van der Waals surface area contributed by atoms with Gasteiger partial charge in [-0.3, -0.25) is 14.5 Å². The minimum absolute atomic E-state index is 0.248. The summed E-state index contributed by atoms with van der Waals surface area (Å²) in [5, 5.41) is 5.67. The molecule has 1 aliphatic rings. The number of hydrogen-bond acceptors (Lipinski definition) is 4. The molecule has 3 aromatic carbocycles. The van der Waals surface area contributed by atoms with Crippen LogP contribution in [0.25, 0.3) is 0 Å². The van der Waals surface area contributed by atoms with Crippen LogP contribution in [0.5, 0.6) is 0 Å². The predicted molar refractivity (Wildman–Crippen MR) is 125 cm³/mol. The average molecular weight is 444 g/mol. The van der Waals surface area contributed by atoms with Crippen LogP contribution in [-0.2, 0) is 16.1 Å². The van der Waals surface area contributed by atoms with E-state index in [1.807, 2.05) is 43.3 Å². The van der Waals surface area contributed by atoms with Crippen molar-refractivity contribution in [2.75, 3.05) is 11.9 Å². The Hall–Kier alpha value is -4.13. The Bertz CT molecular complexity index is 1130. The molecule has 0 aromatic heterocycles. The van der Waals surface area contributed by atoms with Crippen molar-refractivity contribution >= 4 is 23.6 Å². The van der Waals surface area contributed by atoms with Crippen LogP contribution in [0.15, 0.2) is 84.9 Å². The summed E-state index contributed by atoms with van der Waals surface area (Å²) in [6.07, 6.45) is -1.36. The molecule has 33 heavy (non-hydrogen) atoms. The summed E-state index contributed by atoms with van der Waals surface area (Å²) in [5.41, 5.74) is 2.60. The smallest absolute Gasteiger partial charge is 0.411 e. The third-order valence-electron chi connectivity index (χ3n) is 5.41. The van der Waals surface area contributed by atoms with Crippen LogP contribution < -0.4 is 10.6 Å². The minimum Gasteiger partial charge on any atom is -0.438 e. The molecule has 1 aliphatic heterocycles. The lowest BCUT2D eigenvalue weighted by atomic mass is 10.00. The Morgan fingerprint density at radius 1 is 0.939 bits per heavy atom. The molecule has 0 bridgehead atoms. The number of likely N-dealkylation sites (N-methyl/N-ethyl adjacent to an activating group) is 1. The number of hydrogen-bond donors (Lipinski definition) is 2. The molecule has 0 radical (unpaired) electrons. The molecule has 7 nitrogen and oxygen atoms in total. The summed E-state index contributed by atoms with van der Waals surface area (Å²) in [7, 11) is 0. The van der Waals surface area contributed by atoms with E-state index in [2.05, 4.69) is 10.6 Å². The van der Waals surface area contributed by atoms with E-state index in [0.29, 0.717) is 23.4 Å². The zero-order valence-electron chi connectivity index (χ0n) is 18.2.